The first-order valence-corrected chi connectivity index (χ1v) is 8.70. The highest BCUT2D eigenvalue weighted by Crippen LogP contribution is 2.23. The molecule has 124 valence electrons. The van der Waals surface area contributed by atoms with Crippen LogP contribution in [0.4, 0.5) is 5.13 Å². The molecular formula is C15H26N4O2S. The van der Waals surface area contributed by atoms with Crippen molar-refractivity contribution in [2.75, 3.05) is 58.3 Å². The lowest BCUT2D eigenvalue weighted by Gasteiger charge is -2.27. The molecule has 1 fully saturated rings. The topological polar surface area (TPSA) is 57.7 Å². The predicted molar refractivity (Wildman–Crippen MR) is 89.9 cm³/mol. The lowest BCUT2D eigenvalue weighted by Crippen LogP contribution is -2.38. The average Bonchev–Trinajstić information content (AvgIpc) is 2.88. The van der Waals surface area contributed by atoms with Crippen LogP contribution < -0.4 is 5.32 Å². The van der Waals surface area contributed by atoms with E-state index in [-0.39, 0.29) is 5.91 Å². The van der Waals surface area contributed by atoms with E-state index >= 15 is 0 Å². The molecule has 6 nitrogen and oxygen atoms in total. The number of nitrogens with one attached hydrogen (secondary N) is 1. The van der Waals surface area contributed by atoms with Gasteiger partial charge in [0.2, 0.25) is 0 Å². The molecule has 7 heteroatoms. The Hall–Kier alpha value is -1.18. The summed E-state index contributed by atoms with van der Waals surface area (Å²) in [6.07, 6.45) is 0.986. The van der Waals surface area contributed by atoms with E-state index in [9.17, 15) is 4.79 Å². The smallest absolute Gasteiger partial charge is 0.265 e. The van der Waals surface area contributed by atoms with Crippen molar-refractivity contribution in [2.24, 2.45) is 0 Å². The van der Waals surface area contributed by atoms with Gasteiger partial charge in [-0.1, -0.05) is 11.3 Å². The molecule has 1 aliphatic rings. The van der Waals surface area contributed by atoms with E-state index in [1.165, 1.54) is 11.3 Å². The normalized spacial score (nSPS) is 15.8. The van der Waals surface area contributed by atoms with Crippen molar-refractivity contribution in [3.8, 4) is 0 Å². The summed E-state index contributed by atoms with van der Waals surface area (Å²) < 4.78 is 5.34. The van der Waals surface area contributed by atoms with E-state index in [1.54, 1.807) is 4.90 Å². The maximum atomic E-state index is 12.5. The molecule has 22 heavy (non-hydrogen) atoms. The summed E-state index contributed by atoms with van der Waals surface area (Å²) in [7, 11) is 1.87. The van der Waals surface area contributed by atoms with Gasteiger partial charge in [-0.05, 0) is 20.3 Å². The number of nitrogens with zero attached hydrogens (tertiary/aromatic N) is 3. The van der Waals surface area contributed by atoms with Crippen LogP contribution in [-0.4, -0.2) is 73.7 Å². The molecule has 0 saturated carbocycles. The van der Waals surface area contributed by atoms with Gasteiger partial charge in [0.15, 0.2) is 5.13 Å². The van der Waals surface area contributed by atoms with Crippen molar-refractivity contribution in [3.63, 3.8) is 0 Å². The molecule has 0 unspecified atom stereocenters. The van der Waals surface area contributed by atoms with Gasteiger partial charge in [0.1, 0.15) is 4.88 Å². The zero-order valence-electron chi connectivity index (χ0n) is 13.7. The van der Waals surface area contributed by atoms with Crippen LogP contribution >= 0.6 is 11.3 Å². The molecule has 0 aromatic carbocycles. The minimum atomic E-state index is 0.0705. The molecule has 0 aliphatic carbocycles. The Morgan fingerprint density at radius 2 is 2.18 bits per heavy atom. The van der Waals surface area contributed by atoms with Gasteiger partial charge < -0.3 is 15.0 Å². The number of ether oxygens (including phenoxy) is 1. The quantitative estimate of drug-likeness (QED) is 0.826. The van der Waals surface area contributed by atoms with Crippen LogP contribution in [0.3, 0.4) is 0 Å². The summed E-state index contributed by atoms with van der Waals surface area (Å²) in [6.45, 7) is 10.2. The predicted octanol–water partition coefficient (Wildman–Crippen LogP) is 1.68. The van der Waals surface area contributed by atoms with E-state index in [1.807, 2.05) is 20.9 Å². The second-order valence-electron chi connectivity index (χ2n) is 5.50. The van der Waals surface area contributed by atoms with E-state index in [0.717, 1.165) is 68.1 Å². The number of hydrogen-bond acceptors (Lipinski definition) is 6. The van der Waals surface area contributed by atoms with Crippen LogP contribution in [0.15, 0.2) is 0 Å². The lowest BCUT2D eigenvalue weighted by molar-refractivity contribution is 0.0361. The van der Waals surface area contributed by atoms with Crippen molar-refractivity contribution >= 4 is 22.4 Å². The Morgan fingerprint density at radius 3 is 2.86 bits per heavy atom. The summed E-state index contributed by atoms with van der Waals surface area (Å²) in [5.74, 6) is 0.0705. The number of morpholine rings is 1. The molecule has 2 heterocycles. The molecule has 1 saturated heterocycles. The van der Waals surface area contributed by atoms with Crippen LogP contribution in [0.1, 0.15) is 28.7 Å². The molecule has 0 radical (unpaired) electrons. The standard InChI is InChI=1S/C15H26N4O2S/c1-4-16-15-17-12(2)13(22-15)14(20)18(3)6-5-7-19-8-10-21-11-9-19/h4-11H2,1-3H3,(H,16,17). The number of thiazole rings is 1. The second kappa shape index (κ2) is 8.45. The molecule has 1 amide bonds. The third-order valence-electron chi connectivity index (χ3n) is 3.74. The Kier molecular flexibility index (Phi) is 6.60. The van der Waals surface area contributed by atoms with E-state index in [4.69, 9.17) is 4.74 Å². The summed E-state index contributed by atoms with van der Waals surface area (Å²) in [4.78, 5) is 21.8. The highest BCUT2D eigenvalue weighted by molar-refractivity contribution is 7.17. The molecule has 1 aromatic heterocycles. The number of rotatable bonds is 7. The summed E-state index contributed by atoms with van der Waals surface area (Å²) >= 11 is 1.44. The highest BCUT2D eigenvalue weighted by atomic mass is 32.1. The van der Waals surface area contributed by atoms with Crippen LogP contribution in [0, 0.1) is 6.92 Å². The van der Waals surface area contributed by atoms with Gasteiger partial charge in [0.05, 0.1) is 18.9 Å². The van der Waals surface area contributed by atoms with Crippen molar-refractivity contribution in [2.45, 2.75) is 20.3 Å². The zero-order valence-corrected chi connectivity index (χ0v) is 14.5. The van der Waals surface area contributed by atoms with E-state index < -0.39 is 0 Å². The van der Waals surface area contributed by atoms with Crippen molar-refractivity contribution in [3.05, 3.63) is 10.6 Å². The fraction of sp³-hybridized carbons (Fsp3) is 0.733. The molecule has 1 aromatic rings. The maximum absolute atomic E-state index is 12.5. The van der Waals surface area contributed by atoms with Crippen LogP contribution in [0.5, 0.6) is 0 Å². The number of aromatic nitrogens is 1. The molecule has 0 atom stereocenters. The third-order valence-corrected chi connectivity index (χ3v) is 4.84. The van der Waals surface area contributed by atoms with Crippen molar-refractivity contribution in [1.29, 1.82) is 0 Å². The third kappa shape index (κ3) is 4.66. The fourth-order valence-corrected chi connectivity index (χ4v) is 3.48. The Morgan fingerprint density at radius 1 is 1.45 bits per heavy atom. The van der Waals surface area contributed by atoms with Crippen molar-refractivity contribution < 1.29 is 9.53 Å². The molecule has 0 spiro atoms. The highest BCUT2D eigenvalue weighted by Gasteiger charge is 2.19. The number of anilines is 1. The first-order chi connectivity index (χ1) is 10.6. The molecule has 2 rings (SSSR count). The average molecular weight is 326 g/mol. The number of carbonyl (C=O) groups is 1. The maximum Gasteiger partial charge on any atom is 0.265 e. The van der Waals surface area contributed by atoms with E-state index in [2.05, 4.69) is 15.2 Å². The molecule has 1 aliphatic heterocycles. The minimum Gasteiger partial charge on any atom is -0.379 e. The number of aryl methyl sites for hydroxylation is 1. The Balaban J connectivity index is 1.80. The van der Waals surface area contributed by atoms with Gasteiger partial charge in [-0.25, -0.2) is 4.98 Å². The molecule has 0 bridgehead atoms. The van der Waals surface area contributed by atoms with Crippen molar-refractivity contribution in [1.82, 2.24) is 14.8 Å². The number of hydrogen-bond donors (Lipinski definition) is 1. The summed E-state index contributed by atoms with van der Waals surface area (Å²) in [6, 6.07) is 0. The SMILES string of the molecule is CCNc1nc(C)c(C(=O)N(C)CCCN2CCOCC2)s1. The largest absolute Gasteiger partial charge is 0.379 e. The van der Waals surface area contributed by atoms with Gasteiger partial charge in [-0.3, -0.25) is 9.69 Å². The molecular weight excluding hydrogens is 300 g/mol. The van der Waals surface area contributed by atoms with Gasteiger partial charge in [-0.2, -0.15) is 0 Å². The van der Waals surface area contributed by atoms with Crippen LogP contribution in [0.2, 0.25) is 0 Å². The van der Waals surface area contributed by atoms with Gasteiger partial charge in [0, 0.05) is 39.8 Å². The number of amides is 1. The number of carbonyl (C=O) groups excluding carboxylic acids is 1. The fourth-order valence-electron chi connectivity index (χ4n) is 2.45. The van der Waals surface area contributed by atoms with Gasteiger partial charge in [0.25, 0.3) is 5.91 Å². The van der Waals surface area contributed by atoms with Crippen LogP contribution in [-0.2, 0) is 4.74 Å². The minimum absolute atomic E-state index is 0.0705. The lowest BCUT2D eigenvalue weighted by atomic mass is 10.3. The first kappa shape index (κ1) is 17.2. The molecule has 1 N–H and O–H groups in total. The monoisotopic (exact) mass is 326 g/mol. The summed E-state index contributed by atoms with van der Waals surface area (Å²) in [5.41, 5.74) is 0.811. The van der Waals surface area contributed by atoms with Gasteiger partial charge >= 0.3 is 0 Å². The van der Waals surface area contributed by atoms with Crippen LogP contribution in [0.25, 0.3) is 0 Å². The first-order valence-electron chi connectivity index (χ1n) is 7.88. The van der Waals surface area contributed by atoms with Gasteiger partial charge in [-0.15, -0.1) is 0 Å². The zero-order chi connectivity index (χ0) is 15.9. The summed E-state index contributed by atoms with van der Waals surface area (Å²) in [5, 5.41) is 3.99. The van der Waals surface area contributed by atoms with E-state index in [0.29, 0.717) is 0 Å². The second-order valence-corrected chi connectivity index (χ2v) is 6.50. The Bertz CT molecular complexity index is 486. The Labute approximate surface area is 136 Å².